The predicted octanol–water partition coefficient (Wildman–Crippen LogP) is 6.07. The molecule has 0 bridgehead atoms. The summed E-state index contributed by atoms with van der Waals surface area (Å²) >= 11 is 0. The Morgan fingerprint density at radius 1 is 0.810 bits per heavy atom. The SMILES string of the molecule is CCCCc1ccc(CC(CC)c2ccc(C)cc2)cc1. The van der Waals surface area contributed by atoms with Crippen LogP contribution < -0.4 is 0 Å². The lowest BCUT2D eigenvalue weighted by Gasteiger charge is -2.16. The van der Waals surface area contributed by atoms with Crippen LogP contribution in [-0.2, 0) is 12.8 Å². The van der Waals surface area contributed by atoms with Gasteiger partial charge < -0.3 is 0 Å². The highest BCUT2D eigenvalue weighted by Crippen LogP contribution is 2.24. The molecule has 0 heterocycles. The van der Waals surface area contributed by atoms with Gasteiger partial charge in [-0.1, -0.05) is 74.4 Å². The summed E-state index contributed by atoms with van der Waals surface area (Å²) in [6.45, 7) is 6.70. The maximum Gasteiger partial charge on any atom is -0.0124 e. The fourth-order valence-corrected chi connectivity index (χ4v) is 2.84. The molecule has 0 radical (unpaired) electrons. The van der Waals surface area contributed by atoms with Gasteiger partial charge in [-0.15, -0.1) is 0 Å². The third kappa shape index (κ3) is 4.74. The van der Waals surface area contributed by atoms with Gasteiger partial charge in [-0.3, -0.25) is 0 Å². The van der Waals surface area contributed by atoms with Gasteiger partial charge >= 0.3 is 0 Å². The van der Waals surface area contributed by atoms with Crippen LogP contribution in [0.5, 0.6) is 0 Å². The van der Waals surface area contributed by atoms with Crippen LogP contribution >= 0.6 is 0 Å². The van der Waals surface area contributed by atoms with Crippen molar-refractivity contribution in [3.05, 3.63) is 70.8 Å². The molecule has 2 aromatic rings. The van der Waals surface area contributed by atoms with E-state index in [1.165, 1.54) is 47.9 Å². The molecule has 2 aromatic carbocycles. The van der Waals surface area contributed by atoms with E-state index in [0.29, 0.717) is 5.92 Å². The molecule has 0 saturated heterocycles. The van der Waals surface area contributed by atoms with Crippen molar-refractivity contribution >= 4 is 0 Å². The van der Waals surface area contributed by atoms with Crippen LogP contribution in [0.2, 0.25) is 0 Å². The quantitative estimate of drug-likeness (QED) is 0.577. The number of hydrogen-bond donors (Lipinski definition) is 0. The molecule has 0 aliphatic carbocycles. The minimum absolute atomic E-state index is 0.632. The topological polar surface area (TPSA) is 0 Å². The Balaban J connectivity index is 2.02. The first-order valence-electron chi connectivity index (χ1n) is 8.37. The van der Waals surface area contributed by atoms with E-state index >= 15 is 0 Å². The highest BCUT2D eigenvalue weighted by atomic mass is 14.1. The van der Waals surface area contributed by atoms with E-state index in [9.17, 15) is 0 Å². The molecule has 0 aliphatic rings. The van der Waals surface area contributed by atoms with Gasteiger partial charge in [0.1, 0.15) is 0 Å². The van der Waals surface area contributed by atoms with E-state index in [2.05, 4.69) is 69.3 Å². The lowest BCUT2D eigenvalue weighted by atomic mass is 9.89. The molecule has 0 aromatic heterocycles. The second-order valence-electron chi connectivity index (χ2n) is 6.14. The summed E-state index contributed by atoms with van der Waals surface area (Å²) in [6.07, 6.45) is 6.12. The largest absolute Gasteiger partial charge is 0.0654 e. The van der Waals surface area contributed by atoms with E-state index in [0.717, 1.165) is 6.42 Å². The van der Waals surface area contributed by atoms with Gasteiger partial charge in [0.15, 0.2) is 0 Å². The maximum atomic E-state index is 2.32. The van der Waals surface area contributed by atoms with Gasteiger partial charge in [0.25, 0.3) is 0 Å². The van der Waals surface area contributed by atoms with Crippen LogP contribution in [0.1, 0.15) is 61.3 Å². The Morgan fingerprint density at radius 2 is 1.43 bits per heavy atom. The van der Waals surface area contributed by atoms with Gasteiger partial charge in [0, 0.05) is 0 Å². The number of rotatable bonds is 7. The Labute approximate surface area is 130 Å². The van der Waals surface area contributed by atoms with Crippen LogP contribution in [0.3, 0.4) is 0 Å². The molecule has 1 unspecified atom stereocenters. The van der Waals surface area contributed by atoms with Crippen molar-refractivity contribution in [2.24, 2.45) is 0 Å². The third-order valence-corrected chi connectivity index (χ3v) is 4.37. The van der Waals surface area contributed by atoms with Crippen LogP contribution in [0.25, 0.3) is 0 Å². The third-order valence-electron chi connectivity index (χ3n) is 4.37. The van der Waals surface area contributed by atoms with Crippen molar-refractivity contribution in [2.45, 2.75) is 58.8 Å². The van der Waals surface area contributed by atoms with Crippen molar-refractivity contribution in [3.63, 3.8) is 0 Å². The number of hydrogen-bond acceptors (Lipinski definition) is 0. The lowest BCUT2D eigenvalue weighted by molar-refractivity contribution is 0.660. The second kappa shape index (κ2) is 8.02. The van der Waals surface area contributed by atoms with Gasteiger partial charge in [-0.25, -0.2) is 0 Å². The molecule has 0 saturated carbocycles. The molecule has 0 spiro atoms. The smallest absolute Gasteiger partial charge is 0.0124 e. The molecule has 21 heavy (non-hydrogen) atoms. The Morgan fingerprint density at radius 3 is 2.00 bits per heavy atom. The second-order valence-corrected chi connectivity index (χ2v) is 6.14. The molecule has 0 fully saturated rings. The fraction of sp³-hybridized carbons (Fsp3) is 0.429. The molecule has 0 N–H and O–H groups in total. The summed E-state index contributed by atoms with van der Waals surface area (Å²) in [7, 11) is 0. The Bertz CT molecular complexity index is 519. The summed E-state index contributed by atoms with van der Waals surface area (Å²) < 4.78 is 0. The van der Waals surface area contributed by atoms with Crippen molar-refractivity contribution in [2.75, 3.05) is 0 Å². The number of unbranched alkanes of at least 4 members (excludes halogenated alkanes) is 1. The van der Waals surface area contributed by atoms with E-state index in [1.54, 1.807) is 0 Å². The summed E-state index contributed by atoms with van der Waals surface area (Å²) in [4.78, 5) is 0. The summed E-state index contributed by atoms with van der Waals surface area (Å²) in [5, 5.41) is 0. The molecule has 1 atom stereocenters. The highest BCUT2D eigenvalue weighted by Gasteiger charge is 2.10. The molecule has 0 amide bonds. The van der Waals surface area contributed by atoms with Gasteiger partial charge in [0.2, 0.25) is 0 Å². The maximum absolute atomic E-state index is 2.32. The standard InChI is InChI=1S/C21H28/c1-4-6-7-18-10-12-19(13-11-18)16-20(5-2)21-14-8-17(3)9-15-21/h8-15,20H,4-7,16H2,1-3H3. The first kappa shape index (κ1) is 15.8. The summed E-state index contributed by atoms with van der Waals surface area (Å²) in [5.41, 5.74) is 5.75. The first-order valence-corrected chi connectivity index (χ1v) is 8.37. The fourth-order valence-electron chi connectivity index (χ4n) is 2.84. The van der Waals surface area contributed by atoms with Crippen molar-refractivity contribution in [3.8, 4) is 0 Å². The monoisotopic (exact) mass is 280 g/mol. The molecule has 2 rings (SSSR count). The van der Waals surface area contributed by atoms with E-state index in [-0.39, 0.29) is 0 Å². The molecular formula is C21H28. The lowest BCUT2D eigenvalue weighted by Crippen LogP contribution is -2.02. The molecular weight excluding hydrogens is 252 g/mol. The molecule has 0 heteroatoms. The Kier molecular flexibility index (Phi) is 6.04. The van der Waals surface area contributed by atoms with Gasteiger partial charge in [-0.05, 0) is 55.2 Å². The van der Waals surface area contributed by atoms with E-state index in [1.807, 2.05) is 0 Å². The molecule has 0 nitrogen and oxygen atoms in total. The van der Waals surface area contributed by atoms with Gasteiger partial charge in [0.05, 0.1) is 0 Å². The molecule has 0 aliphatic heterocycles. The molecule has 112 valence electrons. The Hall–Kier alpha value is -1.56. The van der Waals surface area contributed by atoms with Crippen LogP contribution in [0.15, 0.2) is 48.5 Å². The zero-order chi connectivity index (χ0) is 15.1. The van der Waals surface area contributed by atoms with Crippen LogP contribution in [0.4, 0.5) is 0 Å². The van der Waals surface area contributed by atoms with E-state index < -0.39 is 0 Å². The van der Waals surface area contributed by atoms with Crippen molar-refractivity contribution in [1.29, 1.82) is 0 Å². The van der Waals surface area contributed by atoms with Crippen LogP contribution in [0, 0.1) is 6.92 Å². The van der Waals surface area contributed by atoms with Crippen molar-refractivity contribution < 1.29 is 0 Å². The highest BCUT2D eigenvalue weighted by molar-refractivity contribution is 5.28. The minimum atomic E-state index is 0.632. The predicted molar refractivity (Wildman–Crippen MR) is 93.0 cm³/mol. The van der Waals surface area contributed by atoms with Crippen molar-refractivity contribution in [1.82, 2.24) is 0 Å². The summed E-state index contributed by atoms with van der Waals surface area (Å²) in [6, 6.07) is 18.3. The normalized spacial score (nSPS) is 12.3. The number of aryl methyl sites for hydroxylation is 2. The van der Waals surface area contributed by atoms with E-state index in [4.69, 9.17) is 0 Å². The average molecular weight is 280 g/mol. The zero-order valence-electron chi connectivity index (χ0n) is 13.7. The van der Waals surface area contributed by atoms with Crippen LogP contribution in [-0.4, -0.2) is 0 Å². The van der Waals surface area contributed by atoms with Gasteiger partial charge in [-0.2, -0.15) is 0 Å². The summed E-state index contributed by atoms with van der Waals surface area (Å²) in [5.74, 6) is 0.632. The minimum Gasteiger partial charge on any atom is -0.0654 e. The average Bonchev–Trinajstić information content (AvgIpc) is 2.53. The number of benzene rings is 2. The first-order chi connectivity index (χ1) is 10.2. The zero-order valence-corrected chi connectivity index (χ0v) is 13.7.